The highest BCUT2D eigenvalue weighted by molar-refractivity contribution is 5.78. The van der Waals surface area contributed by atoms with Gasteiger partial charge in [-0.1, -0.05) is 0 Å². The first-order valence-electron chi connectivity index (χ1n) is 9.85. The number of nitrogens with zero attached hydrogens (tertiary/aromatic N) is 3. The number of rotatable bonds is 3. The highest BCUT2D eigenvalue weighted by atomic mass is 16.5. The van der Waals surface area contributed by atoms with Crippen LogP contribution in [0.2, 0.25) is 0 Å². The molecule has 0 bridgehead atoms. The molecule has 0 spiro atoms. The Labute approximate surface area is 164 Å². The number of benzene rings is 1. The smallest absolute Gasteiger partial charge is 0.132 e. The van der Waals surface area contributed by atoms with Crippen LogP contribution in [0.4, 0.5) is 5.82 Å². The van der Waals surface area contributed by atoms with Crippen LogP contribution in [0.3, 0.4) is 0 Å². The summed E-state index contributed by atoms with van der Waals surface area (Å²) in [5, 5.41) is 3.62. The van der Waals surface area contributed by atoms with Crippen molar-refractivity contribution in [2.75, 3.05) is 18.9 Å². The second-order valence-electron chi connectivity index (χ2n) is 7.41. The average molecular weight is 373 g/mol. The molecule has 1 saturated heterocycles. The van der Waals surface area contributed by atoms with Gasteiger partial charge < -0.3 is 15.8 Å². The van der Waals surface area contributed by atoms with Crippen molar-refractivity contribution in [3.8, 4) is 28.1 Å². The Balaban J connectivity index is 1.62. The summed E-state index contributed by atoms with van der Waals surface area (Å²) < 4.78 is 6.08. The van der Waals surface area contributed by atoms with Crippen molar-refractivity contribution < 1.29 is 4.74 Å². The third-order valence-electron chi connectivity index (χ3n) is 5.58. The summed E-state index contributed by atoms with van der Waals surface area (Å²) in [4.78, 5) is 12.8. The molecule has 4 heterocycles. The summed E-state index contributed by atoms with van der Waals surface area (Å²) in [6.07, 6.45) is 9.54. The Morgan fingerprint density at radius 1 is 1.11 bits per heavy atom. The van der Waals surface area contributed by atoms with E-state index in [0.29, 0.717) is 11.9 Å². The molecular weight excluding hydrogens is 350 g/mol. The summed E-state index contributed by atoms with van der Waals surface area (Å²) in [7, 11) is 0. The SMILES string of the molecule is Nc1ncc(-c2cc3c(c([C@H]4CCCN4)c2)OCCC3)cc1-c1ccncn1. The molecule has 1 atom stereocenters. The molecule has 3 N–H and O–H groups in total. The number of nitrogens with two attached hydrogens (primary N) is 1. The minimum atomic E-state index is 0.356. The lowest BCUT2D eigenvalue weighted by molar-refractivity contribution is 0.282. The van der Waals surface area contributed by atoms with E-state index in [-0.39, 0.29) is 0 Å². The third kappa shape index (κ3) is 3.10. The fraction of sp³-hybridized carbons (Fsp3) is 0.318. The number of pyridine rings is 1. The van der Waals surface area contributed by atoms with Gasteiger partial charge in [-0.3, -0.25) is 0 Å². The molecule has 1 fully saturated rings. The molecule has 6 heteroatoms. The van der Waals surface area contributed by atoms with Gasteiger partial charge in [0.25, 0.3) is 0 Å². The molecule has 0 radical (unpaired) electrons. The molecule has 2 aliphatic heterocycles. The number of anilines is 1. The normalized spacial score (nSPS) is 18.5. The fourth-order valence-electron chi connectivity index (χ4n) is 4.18. The van der Waals surface area contributed by atoms with Gasteiger partial charge in [-0.2, -0.15) is 0 Å². The maximum atomic E-state index is 6.14. The van der Waals surface area contributed by atoms with Crippen molar-refractivity contribution in [1.82, 2.24) is 20.3 Å². The third-order valence-corrected chi connectivity index (χ3v) is 5.58. The maximum absolute atomic E-state index is 6.14. The van der Waals surface area contributed by atoms with Crippen molar-refractivity contribution in [2.45, 2.75) is 31.7 Å². The second kappa shape index (κ2) is 7.20. The molecule has 0 saturated carbocycles. The van der Waals surface area contributed by atoms with Gasteiger partial charge in [0.2, 0.25) is 0 Å². The molecule has 28 heavy (non-hydrogen) atoms. The van der Waals surface area contributed by atoms with Crippen LogP contribution in [-0.2, 0) is 6.42 Å². The van der Waals surface area contributed by atoms with Gasteiger partial charge in [0.1, 0.15) is 17.9 Å². The highest BCUT2D eigenvalue weighted by Crippen LogP contribution is 2.40. The molecule has 0 unspecified atom stereocenters. The van der Waals surface area contributed by atoms with E-state index in [1.807, 2.05) is 12.3 Å². The van der Waals surface area contributed by atoms with Crippen LogP contribution < -0.4 is 15.8 Å². The van der Waals surface area contributed by atoms with Crippen molar-refractivity contribution in [3.63, 3.8) is 0 Å². The van der Waals surface area contributed by atoms with Crippen LogP contribution in [0.5, 0.6) is 5.75 Å². The van der Waals surface area contributed by atoms with Gasteiger partial charge in [-0.15, -0.1) is 0 Å². The van der Waals surface area contributed by atoms with Crippen LogP contribution >= 0.6 is 0 Å². The molecular formula is C22H23N5O. The summed E-state index contributed by atoms with van der Waals surface area (Å²) >= 11 is 0. The van der Waals surface area contributed by atoms with Gasteiger partial charge >= 0.3 is 0 Å². The average Bonchev–Trinajstić information content (AvgIpc) is 3.29. The molecule has 6 nitrogen and oxygen atoms in total. The van der Waals surface area contributed by atoms with Crippen molar-refractivity contribution in [3.05, 3.63) is 54.1 Å². The number of ether oxygens (including phenoxy) is 1. The second-order valence-corrected chi connectivity index (χ2v) is 7.41. The number of nitrogen functional groups attached to an aromatic ring is 1. The Morgan fingerprint density at radius 2 is 2.07 bits per heavy atom. The molecule has 5 rings (SSSR count). The van der Waals surface area contributed by atoms with Crippen LogP contribution in [0.15, 0.2) is 43.0 Å². The largest absolute Gasteiger partial charge is 0.493 e. The van der Waals surface area contributed by atoms with Gasteiger partial charge in [-0.25, -0.2) is 15.0 Å². The van der Waals surface area contributed by atoms with Crippen molar-refractivity contribution in [1.29, 1.82) is 0 Å². The van der Waals surface area contributed by atoms with E-state index in [9.17, 15) is 0 Å². The molecule has 142 valence electrons. The quantitative estimate of drug-likeness (QED) is 0.730. The maximum Gasteiger partial charge on any atom is 0.132 e. The topological polar surface area (TPSA) is 86.0 Å². The van der Waals surface area contributed by atoms with Crippen molar-refractivity contribution >= 4 is 5.82 Å². The monoisotopic (exact) mass is 373 g/mol. The first kappa shape index (κ1) is 17.1. The predicted octanol–water partition coefficient (Wildman–Crippen LogP) is 3.54. The molecule has 3 aromatic rings. The van der Waals surface area contributed by atoms with Crippen LogP contribution in [0.25, 0.3) is 22.4 Å². The first-order chi connectivity index (χ1) is 13.8. The zero-order chi connectivity index (χ0) is 18.9. The number of fused-ring (bicyclic) bond motifs is 1. The molecule has 2 aliphatic rings. The Bertz CT molecular complexity index is 999. The van der Waals surface area contributed by atoms with E-state index in [1.54, 1.807) is 6.20 Å². The van der Waals surface area contributed by atoms with E-state index >= 15 is 0 Å². The summed E-state index contributed by atoms with van der Waals surface area (Å²) in [6.45, 7) is 1.86. The highest BCUT2D eigenvalue weighted by Gasteiger charge is 2.25. The number of hydrogen-bond donors (Lipinski definition) is 2. The lowest BCUT2D eigenvalue weighted by atomic mass is 9.92. The molecule has 2 aromatic heterocycles. The Kier molecular flexibility index (Phi) is 4.41. The van der Waals surface area contributed by atoms with E-state index in [1.165, 1.54) is 23.9 Å². The molecule has 0 aliphatic carbocycles. The molecule has 0 amide bonds. The van der Waals surface area contributed by atoms with E-state index in [0.717, 1.165) is 60.5 Å². The number of nitrogens with one attached hydrogen (secondary N) is 1. The number of aromatic nitrogens is 3. The van der Waals surface area contributed by atoms with Crippen LogP contribution in [-0.4, -0.2) is 28.1 Å². The first-order valence-corrected chi connectivity index (χ1v) is 9.85. The van der Waals surface area contributed by atoms with Gasteiger partial charge in [0.15, 0.2) is 0 Å². The van der Waals surface area contributed by atoms with Gasteiger partial charge in [0, 0.05) is 35.1 Å². The van der Waals surface area contributed by atoms with Gasteiger partial charge in [0.05, 0.1) is 12.3 Å². The minimum absolute atomic E-state index is 0.356. The predicted molar refractivity (Wildman–Crippen MR) is 109 cm³/mol. The zero-order valence-corrected chi connectivity index (χ0v) is 15.7. The summed E-state index contributed by atoms with van der Waals surface area (Å²) in [6, 6.07) is 8.77. The standard InChI is InChI=1S/C22H23N5O/c23-22-18(20-5-7-24-13-27-20)11-16(12-26-22)15-9-14-3-2-8-28-21(14)17(10-15)19-4-1-6-25-19/h5,7,9-13,19,25H,1-4,6,8H2,(H2,23,26)/t19-/m1/s1. The van der Waals surface area contributed by atoms with E-state index < -0.39 is 0 Å². The summed E-state index contributed by atoms with van der Waals surface area (Å²) in [5.41, 5.74) is 12.5. The van der Waals surface area contributed by atoms with Crippen LogP contribution in [0.1, 0.15) is 36.4 Å². The summed E-state index contributed by atoms with van der Waals surface area (Å²) in [5.74, 6) is 1.55. The number of aryl methyl sites for hydroxylation is 1. The zero-order valence-electron chi connectivity index (χ0n) is 15.7. The van der Waals surface area contributed by atoms with Crippen molar-refractivity contribution in [2.24, 2.45) is 0 Å². The molecule has 1 aromatic carbocycles. The number of hydrogen-bond acceptors (Lipinski definition) is 6. The Hall–Kier alpha value is -2.99. The van der Waals surface area contributed by atoms with Crippen LogP contribution in [0, 0.1) is 0 Å². The Morgan fingerprint density at radius 3 is 2.89 bits per heavy atom. The van der Waals surface area contributed by atoms with E-state index in [4.69, 9.17) is 10.5 Å². The van der Waals surface area contributed by atoms with E-state index in [2.05, 4.69) is 38.5 Å². The fourth-order valence-corrected chi connectivity index (χ4v) is 4.18. The minimum Gasteiger partial charge on any atom is -0.493 e. The lowest BCUT2D eigenvalue weighted by Crippen LogP contribution is -2.17. The van der Waals surface area contributed by atoms with Gasteiger partial charge in [-0.05, 0) is 67.6 Å². The lowest BCUT2D eigenvalue weighted by Gasteiger charge is -2.25.